The molecule has 5 nitrogen and oxygen atoms in total. The topological polar surface area (TPSA) is 62.6 Å². The molecule has 0 bridgehead atoms. The SMILES string of the molecule is O=C1NCCN(C(=O)c2ccc(Cl)o2)[C@H]1Cc1ccccc1. The van der Waals surface area contributed by atoms with Crippen LogP contribution >= 0.6 is 11.6 Å². The lowest BCUT2D eigenvalue weighted by atomic mass is 10.0. The molecule has 2 aromatic rings. The van der Waals surface area contributed by atoms with Crippen LogP contribution in [0.3, 0.4) is 0 Å². The van der Waals surface area contributed by atoms with Crippen LogP contribution in [0, 0.1) is 0 Å². The molecule has 1 N–H and O–H groups in total. The van der Waals surface area contributed by atoms with E-state index in [1.165, 1.54) is 12.1 Å². The van der Waals surface area contributed by atoms with E-state index in [-0.39, 0.29) is 22.8 Å². The van der Waals surface area contributed by atoms with Crippen LogP contribution in [-0.2, 0) is 11.2 Å². The molecule has 114 valence electrons. The first kappa shape index (κ1) is 14.7. The van der Waals surface area contributed by atoms with Gasteiger partial charge in [0.25, 0.3) is 5.91 Å². The third-order valence-electron chi connectivity index (χ3n) is 3.65. The van der Waals surface area contributed by atoms with Crippen LogP contribution < -0.4 is 5.32 Å². The van der Waals surface area contributed by atoms with Gasteiger partial charge in [0.05, 0.1) is 0 Å². The molecule has 0 spiro atoms. The van der Waals surface area contributed by atoms with Gasteiger partial charge in [-0.25, -0.2) is 0 Å². The standard InChI is InChI=1S/C16H15ClN2O3/c17-14-7-6-13(22-14)16(21)19-9-8-18-15(20)12(19)10-11-4-2-1-3-5-11/h1-7,12H,8-10H2,(H,18,20)/t12-/m0/s1. The number of nitrogens with one attached hydrogen (secondary N) is 1. The van der Waals surface area contributed by atoms with Crippen molar-refractivity contribution in [2.24, 2.45) is 0 Å². The molecule has 1 fully saturated rings. The van der Waals surface area contributed by atoms with Gasteiger partial charge in [0.2, 0.25) is 5.91 Å². The Morgan fingerprint density at radius 3 is 2.73 bits per heavy atom. The van der Waals surface area contributed by atoms with Gasteiger partial charge in [-0.1, -0.05) is 30.3 Å². The average Bonchev–Trinajstić information content (AvgIpc) is 2.96. The zero-order valence-electron chi connectivity index (χ0n) is 11.8. The number of halogens is 1. The number of carbonyl (C=O) groups excluding carboxylic acids is 2. The van der Waals surface area contributed by atoms with E-state index in [0.717, 1.165) is 5.56 Å². The van der Waals surface area contributed by atoms with Gasteiger partial charge < -0.3 is 14.6 Å². The highest BCUT2D eigenvalue weighted by atomic mass is 35.5. The van der Waals surface area contributed by atoms with E-state index in [0.29, 0.717) is 19.5 Å². The number of hydrogen-bond donors (Lipinski definition) is 1. The number of hydrogen-bond acceptors (Lipinski definition) is 3. The molecule has 2 amide bonds. The molecule has 0 radical (unpaired) electrons. The van der Waals surface area contributed by atoms with E-state index < -0.39 is 6.04 Å². The van der Waals surface area contributed by atoms with Crippen molar-refractivity contribution < 1.29 is 14.0 Å². The van der Waals surface area contributed by atoms with Crippen molar-refractivity contribution in [1.29, 1.82) is 0 Å². The predicted octanol–water partition coefficient (Wildman–Crippen LogP) is 2.12. The Hall–Kier alpha value is -2.27. The first-order chi connectivity index (χ1) is 10.6. The van der Waals surface area contributed by atoms with Gasteiger partial charge in [0, 0.05) is 19.5 Å². The van der Waals surface area contributed by atoms with Crippen molar-refractivity contribution in [2.45, 2.75) is 12.5 Å². The van der Waals surface area contributed by atoms with Crippen LogP contribution in [0.15, 0.2) is 46.9 Å². The van der Waals surface area contributed by atoms with E-state index in [9.17, 15) is 9.59 Å². The van der Waals surface area contributed by atoms with E-state index in [1.54, 1.807) is 4.90 Å². The summed E-state index contributed by atoms with van der Waals surface area (Å²) in [4.78, 5) is 26.3. The molecular formula is C16H15ClN2O3. The normalized spacial score (nSPS) is 18.1. The predicted molar refractivity (Wildman–Crippen MR) is 81.7 cm³/mol. The fourth-order valence-corrected chi connectivity index (χ4v) is 2.71. The minimum atomic E-state index is -0.549. The Morgan fingerprint density at radius 1 is 1.27 bits per heavy atom. The molecule has 0 aliphatic carbocycles. The molecule has 1 saturated heterocycles. The smallest absolute Gasteiger partial charge is 0.290 e. The Bertz CT molecular complexity index is 684. The van der Waals surface area contributed by atoms with E-state index >= 15 is 0 Å². The first-order valence-electron chi connectivity index (χ1n) is 7.03. The zero-order valence-corrected chi connectivity index (χ0v) is 12.5. The van der Waals surface area contributed by atoms with Gasteiger partial charge in [-0.15, -0.1) is 0 Å². The summed E-state index contributed by atoms with van der Waals surface area (Å²) in [5.41, 5.74) is 1.000. The van der Waals surface area contributed by atoms with Gasteiger partial charge in [-0.05, 0) is 29.3 Å². The lowest BCUT2D eigenvalue weighted by Gasteiger charge is -2.34. The van der Waals surface area contributed by atoms with Gasteiger partial charge in [-0.2, -0.15) is 0 Å². The maximum atomic E-state index is 12.6. The summed E-state index contributed by atoms with van der Waals surface area (Å²) in [6, 6.07) is 12.1. The molecule has 6 heteroatoms. The average molecular weight is 319 g/mol. The molecule has 1 aromatic carbocycles. The zero-order chi connectivity index (χ0) is 15.5. The quantitative estimate of drug-likeness (QED) is 0.943. The number of furan rings is 1. The molecule has 1 aromatic heterocycles. The third kappa shape index (κ3) is 2.99. The summed E-state index contributed by atoms with van der Waals surface area (Å²) in [5.74, 6) is -0.318. The summed E-state index contributed by atoms with van der Waals surface area (Å²) in [7, 11) is 0. The maximum Gasteiger partial charge on any atom is 0.290 e. The number of nitrogens with zero attached hydrogens (tertiary/aromatic N) is 1. The van der Waals surface area contributed by atoms with Crippen molar-refractivity contribution in [2.75, 3.05) is 13.1 Å². The van der Waals surface area contributed by atoms with Crippen molar-refractivity contribution in [3.05, 3.63) is 59.0 Å². The lowest BCUT2D eigenvalue weighted by Crippen LogP contribution is -2.58. The fraction of sp³-hybridized carbons (Fsp3) is 0.250. The van der Waals surface area contributed by atoms with Crippen LogP contribution in [-0.4, -0.2) is 35.8 Å². The number of benzene rings is 1. The third-order valence-corrected chi connectivity index (χ3v) is 3.85. The highest BCUT2D eigenvalue weighted by Gasteiger charge is 2.34. The van der Waals surface area contributed by atoms with Crippen molar-refractivity contribution in [3.8, 4) is 0 Å². The molecular weight excluding hydrogens is 304 g/mol. The molecule has 1 aliphatic rings. The first-order valence-corrected chi connectivity index (χ1v) is 7.41. The number of rotatable bonds is 3. The Labute approximate surface area is 132 Å². The van der Waals surface area contributed by atoms with E-state index in [2.05, 4.69) is 5.32 Å². The Morgan fingerprint density at radius 2 is 2.05 bits per heavy atom. The van der Waals surface area contributed by atoms with Crippen LogP contribution in [0.2, 0.25) is 5.22 Å². The molecule has 1 atom stereocenters. The summed E-state index contributed by atoms with van der Waals surface area (Å²) in [6.45, 7) is 0.880. The summed E-state index contributed by atoms with van der Waals surface area (Å²) < 4.78 is 5.17. The summed E-state index contributed by atoms with van der Waals surface area (Å²) >= 11 is 5.72. The van der Waals surface area contributed by atoms with Crippen LogP contribution in [0.1, 0.15) is 16.1 Å². The number of amides is 2. The van der Waals surface area contributed by atoms with Gasteiger partial charge in [0.1, 0.15) is 6.04 Å². The minimum absolute atomic E-state index is 0.151. The Kier molecular flexibility index (Phi) is 4.15. The molecule has 2 heterocycles. The minimum Gasteiger partial charge on any atom is -0.440 e. The molecule has 0 saturated carbocycles. The molecule has 3 rings (SSSR count). The highest BCUT2D eigenvalue weighted by molar-refractivity contribution is 6.29. The van der Waals surface area contributed by atoms with Crippen LogP contribution in [0.5, 0.6) is 0 Å². The monoisotopic (exact) mass is 318 g/mol. The second-order valence-corrected chi connectivity index (χ2v) is 5.47. The van der Waals surface area contributed by atoms with Gasteiger partial charge in [-0.3, -0.25) is 9.59 Å². The maximum absolute atomic E-state index is 12.6. The second-order valence-electron chi connectivity index (χ2n) is 5.10. The van der Waals surface area contributed by atoms with Crippen LogP contribution in [0.25, 0.3) is 0 Å². The summed E-state index contributed by atoms with van der Waals surface area (Å²) in [6.07, 6.45) is 0.465. The number of carbonyl (C=O) groups is 2. The van der Waals surface area contributed by atoms with Crippen LogP contribution in [0.4, 0.5) is 0 Å². The van der Waals surface area contributed by atoms with Crippen molar-refractivity contribution in [3.63, 3.8) is 0 Å². The van der Waals surface area contributed by atoms with Crippen molar-refractivity contribution >= 4 is 23.4 Å². The largest absolute Gasteiger partial charge is 0.440 e. The van der Waals surface area contributed by atoms with Gasteiger partial charge >= 0.3 is 0 Å². The van der Waals surface area contributed by atoms with E-state index in [1.807, 2.05) is 30.3 Å². The molecule has 0 unspecified atom stereocenters. The summed E-state index contributed by atoms with van der Waals surface area (Å²) in [5, 5.41) is 2.96. The van der Waals surface area contributed by atoms with E-state index in [4.69, 9.17) is 16.0 Å². The lowest BCUT2D eigenvalue weighted by molar-refractivity contribution is -0.127. The fourth-order valence-electron chi connectivity index (χ4n) is 2.57. The second kappa shape index (κ2) is 6.23. The molecule has 22 heavy (non-hydrogen) atoms. The highest BCUT2D eigenvalue weighted by Crippen LogP contribution is 2.19. The van der Waals surface area contributed by atoms with Crippen molar-refractivity contribution in [1.82, 2.24) is 10.2 Å². The number of piperazine rings is 1. The molecule has 1 aliphatic heterocycles. The van der Waals surface area contributed by atoms with Gasteiger partial charge in [0.15, 0.2) is 11.0 Å². The Balaban J connectivity index is 1.83.